The molecule has 1 aliphatic heterocycles. The third-order valence-electron chi connectivity index (χ3n) is 6.20. The van der Waals surface area contributed by atoms with Gasteiger partial charge in [-0.2, -0.15) is 0 Å². The number of hydrogen-bond acceptors (Lipinski definition) is 2. The molecular weight excluding hydrogens is 244 g/mol. The minimum absolute atomic E-state index is 0.774. The molecule has 2 heteroatoms. The van der Waals surface area contributed by atoms with Gasteiger partial charge in [-0.1, -0.05) is 39.0 Å². The SMILES string of the molecule is CCN(CC1CCC2CCCCC2N1)C1CCCCC1. The molecule has 3 fully saturated rings. The molecule has 20 heavy (non-hydrogen) atoms. The minimum Gasteiger partial charge on any atom is -0.310 e. The zero-order chi connectivity index (χ0) is 13.8. The van der Waals surface area contributed by atoms with Crippen molar-refractivity contribution in [3.8, 4) is 0 Å². The summed E-state index contributed by atoms with van der Waals surface area (Å²) < 4.78 is 0. The Morgan fingerprint density at radius 3 is 2.40 bits per heavy atom. The van der Waals surface area contributed by atoms with Crippen LogP contribution in [0.25, 0.3) is 0 Å². The van der Waals surface area contributed by atoms with E-state index in [9.17, 15) is 0 Å². The fourth-order valence-corrected chi connectivity index (χ4v) is 4.98. The Morgan fingerprint density at radius 2 is 1.60 bits per heavy atom. The van der Waals surface area contributed by atoms with Gasteiger partial charge in [-0.05, 0) is 51.0 Å². The summed E-state index contributed by atoms with van der Waals surface area (Å²) in [5.74, 6) is 1.00. The van der Waals surface area contributed by atoms with E-state index < -0.39 is 0 Å². The summed E-state index contributed by atoms with van der Waals surface area (Å²) in [6.07, 6.45) is 16.1. The lowest BCUT2D eigenvalue weighted by atomic mass is 9.77. The zero-order valence-electron chi connectivity index (χ0n) is 13.4. The van der Waals surface area contributed by atoms with Crippen molar-refractivity contribution in [1.82, 2.24) is 10.2 Å². The summed E-state index contributed by atoms with van der Waals surface area (Å²) in [5, 5.41) is 4.02. The van der Waals surface area contributed by atoms with E-state index in [0.29, 0.717) is 0 Å². The number of nitrogens with zero attached hydrogens (tertiary/aromatic N) is 1. The van der Waals surface area contributed by atoms with E-state index >= 15 is 0 Å². The van der Waals surface area contributed by atoms with Gasteiger partial charge >= 0.3 is 0 Å². The van der Waals surface area contributed by atoms with Crippen LogP contribution in [0.3, 0.4) is 0 Å². The summed E-state index contributed by atoms with van der Waals surface area (Å²) in [6.45, 7) is 4.92. The van der Waals surface area contributed by atoms with E-state index in [-0.39, 0.29) is 0 Å². The van der Waals surface area contributed by atoms with Crippen LogP contribution in [0, 0.1) is 5.92 Å². The number of nitrogens with one attached hydrogen (secondary N) is 1. The van der Waals surface area contributed by atoms with Crippen LogP contribution in [-0.4, -0.2) is 36.1 Å². The average molecular weight is 278 g/mol. The number of likely N-dealkylation sites (N-methyl/N-ethyl adjacent to an activating group) is 1. The predicted octanol–water partition coefficient (Wildman–Crippen LogP) is 3.95. The normalized spacial score (nSPS) is 36.0. The molecule has 116 valence electrons. The van der Waals surface area contributed by atoms with Crippen molar-refractivity contribution < 1.29 is 0 Å². The first-order chi connectivity index (χ1) is 9.86. The monoisotopic (exact) mass is 278 g/mol. The van der Waals surface area contributed by atoms with Crippen LogP contribution >= 0.6 is 0 Å². The summed E-state index contributed by atoms with van der Waals surface area (Å²) >= 11 is 0. The third-order valence-corrected chi connectivity index (χ3v) is 6.20. The first kappa shape index (κ1) is 14.8. The van der Waals surface area contributed by atoms with Gasteiger partial charge < -0.3 is 5.32 Å². The topological polar surface area (TPSA) is 15.3 Å². The molecule has 3 atom stereocenters. The van der Waals surface area contributed by atoms with E-state index in [4.69, 9.17) is 0 Å². The Bertz CT molecular complexity index is 285. The fourth-order valence-electron chi connectivity index (χ4n) is 4.98. The van der Waals surface area contributed by atoms with E-state index in [0.717, 1.165) is 24.0 Å². The van der Waals surface area contributed by atoms with Gasteiger partial charge in [0, 0.05) is 24.7 Å². The third kappa shape index (κ3) is 3.57. The quantitative estimate of drug-likeness (QED) is 0.837. The van der Waals surface area contributed by atoms with E-state index in [1.165, 1.54) is 83.7 Å². The molecule has 3 aliphatic rings. The maximum Gasteiger partial charge on any atom is 0.0197 e. The molecule has 2 aliphatic carbocycles. The summed E-state index contributed by atoms with van der Waals surface area (Å²) in [6, 6.07) is 2.52. The lowest BCUT2D eigenvalue weighted by molar-refractivity contribution is 0.109. The molecule has 0 bridgehead atoms. The molecule has 2 nitrogen and oxygen atoms in total. The summed E-state index contributed by atoms with van der Waals surface area (Å²) in [7, 11) is 0. The van der Waals surface area contributed by atoms with Crippen molar-refractivity contribution in [3.05, 3.63) is 0 Å². The number of piperidine rings is 1. The maximum absolute atomic E-state index is 4.02. The van der Waals surface area contributed by atoms with Gasteiger partial charge in [-0.15, -0.1) is 0 Å². The highest BCUT2D eigenvalue weighted by molar-refractivity contribution is 4.91. The highest BCUT2D eigenvalue weighted by Gasteiger charge is 2.33. The molecule has 0 aromatic heterocycles. The van der Waals surface area contributed by atoms with Crippen LogP contribution < -0.4 is 5.32 Å². The number of hydrogen-bond donors (Lipinski definition) is 1. The first-order valence-corrected chi connectivity index (χ1v) is 9.37. The molecule has 1 heterocycles. The lowest BCUT2D eigenvalue weighted by Crippen LogP contribution is -2.54. The van der Waals surface area contributed by atoms with Gasteiger partial charge in [-0.25, -0.2) is 0 Å². The van der Waals surface area contributed by atoms with Crippen molar-refractivity contribution in [1.29, 1.82) is 0 Å². The van der Waals surface area contributed by atoms with Crippen molar-refractivity contribution >= 4 is 0 Å². The smallest absolute Gasteiger partial charge is 0.0197 e. The van der Waals surface area contributed by atoms with Crippen LogP contribution in [0.15, 0.2) is 0 Å². The van der Waals surface area contributed by atoms with Gasteiger partial charge in [0.25, 0.3) is 0 Å². The highest BCUT2D eigenvalue weighted by atomic mass is 15.2. The molecule has 3 unspecified atom stereocenters. The number of rotatable bonds is 4. The van der Waals surface area contributed by atoms with E-state index in [1.54, 1.807) is 0 Å². The Balaban J connectivity index is 1.50. The Hall–Kier alpha value is -0.0800. The largest absolute Gasteiger partial charge is 0.310 e. The summed E-state index contributed by atoms with van der Waals surface area (Å²) in [5.41, 5.74) is 0. The van der Waals surface area contributed by atoms with Crippen LogP contribution in [-0.2, 0) is 0 Å². The van der Waals surface area contributed by atoms with Crippen molar-refractivity contribution in [2.75, 3.05) is 13.1 Å². The average Bonchev–Trinajstić information content (AvgIpc) is 2.53. The van der Waals surface area contributed by atoms with Crippen LogP contribution in [0.5, 0.6) is 0 Å². The molecule has 3 rings (SSSR count). The van der Waals surface area contributed by atoms with E-state index in [1.807, 2.05) is 0 Å². The number of fused-ring (bicyclic) bond motifs is 1. The second kappa shape index (κ2) is 7.26. The highest BCUT2D eigenvalue weighted by Crippen LogP contribution is 2.33. The second-order valence-corrected chi connectivity index (χ2v) is 7.47. The fraction of sp³-hybridized carbons (Fsp3) is 1.00. The molecule has 0 spiro atoms. The van der Waals surface area contributed by atoms with Crippen molar-refractivity contribution in [2.24, 2.45) is 5.92 Å². The van der Waals surface area contributed by atoms with Gasteiger partial charge in [0.1, 0.15) is 0 Å². The van der Waals surface area contributed by atoms with Crippen molar-refractivity contribution in [2.45, 2.75) is 95.7 Å². The minimum atomic E-state index is 0.774. The second-order valence-electron chi connectivity index (χ2n) is 7.47. The van der Waals surface area contributed by atoms with Gasteiger partial charge in [-0.3, -0.25) is 4.90 Å². The van der Waals surface area contributed by atoms with Crippen molar-refractivity contribution in [3.63, 3.8) is 0 Å². The Labute approximate surface area is 125 Å². The summed E-state index contributed by atoms with van der Waals surface area (Å²) in [4.78, 5) is 2.79. The predicted molar refractivity (Wildman–Crippen MR) is 86.0 cm³/mol. The van der Waals surface area contributed by atoms with Crippen LogP contribution in [0.1, 0.15) is 77.6 Å². The zero-order valence-corrected chi connectivity index (χ0v) is 13.4. The molecule has 0 aromatic carbocycles. The first-order valence-electron chi connectivity index (χ1n) is 9.37. The molecule has 0 radical (unpaired) electrons. The molecule has 0 aromatic rings. The van der Waals surface area contributed by atoms with Gasteiger partial charge in [0.05, 0.1) is 0 Å². The molecular formula is C18H34N2. The standard InChI is InChI=1S/C18H34N2/c1-2-20(17-9-4-3-5-10-17)14-16-13-12-15-8-6-7-11-18(15)19-16/h15-19H,2-14H2,1H3. The maximum atomic E-state index is 4.02. The van der Waals surface area contributed by atoms with E-state index in [2.05, 4.69) is 17.1 Å². The van der Waals surface area contributed by atoms with Crippen LogP contribution in [0.2, 0.25) is 0 Å². The Morgan fingerprint density at radius 1 is 0.850 bits per heavy atom. The Kier molecular flexibility index (Phi) is 5.39. The van der Waals surface area contributed by atoms with Crippen LogP contribution in [0.4, 0.5) is 0 Å². The molecule has 0 amide bonds. The molecule has 2 saturated carbocycles. The van der Waals surface area contributed by atoms with Gasteiger partial charge in [0.2, 0.25) is 0 Å². The van der Waals surface area contributed by atoms with Gasteiger partial charge in [0.15, 0.2) is 0 Å². The lowest BCUT2D eigenvalue weighted by Gasteiger charge is -2.43. The molecule has 1 N–H and O–H groups in total. The molecule has 1 saturated heterocycles.